The van der Waals surface area contributed by atoms with Crippen molar-refractivity contribution >= 4 is 11.6 Å². The Morgan fingerprint density at radius 1 is 1.56 bits per heavy atom. The van der Waals surface area contributed by atoms with Crippen LogP contribution in [0.5, 0.6) is 0 Å². The zero-order chi connectivity index (χ0) is 11.5. The van der Waals surface area contributed by atoms with Gasteiger partial charge >= 0.3 is 0 Å². The molecule has 4 heteroatoms. The fourth-order valence-corrected chi connectivity index (χ4v) is 1.85. The van der Waals surface area contributed by atoms with Gasteiger partial charge in [0, 0.05) is 12.2 Å². The minimum atomic E-state index is -0.250. The Morgan fingerprint density at radius 3 is 3.00 bits per heavy atom. The molecule has 1 aromatic carbocycles. The first-order valence-corrected chi connectivity index (χ1v) is 5.44. The van der Waals surface area contributed by atoms with E-state index in [1.54, 1.807) is 19.1 Å². The zero-order valence-electron chi connectivity index (χ0n) is 9.22. The van der Waals surface area contributed by atoms with Crippen LogP contribution in [0, 0.1) is 18.7 Å². The van der Waals surface area contributed by atoms with Gasteiger partial charge in [0.05, 0.1) is 5.92 Å². The number of amides is 1. The molecular formula is C12H15FN2O. The molecule has 1 atom stereocenters. The fraction of sp³-hybridized carbons (Fsp3) is 0.417. The van der Waals surface area contributed by atoms with Crippen LogP contribution in [0.3, 0.4) is 0 Å². The molecule has 1 heterocycles. The molecule has 0 bridgehead atoms. The lowest BCUT2D eigenvalue weighted by atomic mass is 10.1. The van der Waals surface area contributed by atoms with Crippen LogP contribution < -0.4 is 10.6 Å². The second kappa shape index (κ2) is 4.61. The van der Waals surface area contributed by atoms with E-state index in [0.29, 0.717) is 11.3 Å². The Bertz CT molecular complexity index is 400. The van der Waals surface area contributed by atoms with Gasteiger partial charge in [-0.2, -0.15) is 0 Å². The molecule has 1 aliphatic heterocycles. The van der Waals surface area contributed by atoms with Crippen molar-refractivity contribution in [3.63, 3.8) is 0 Å². The number of anilines is 1. The molecular weight excluding hydrogens is 207 g/mol. The second-order valence-corrected chi connectivity index (χ2v) is 4.14. The van der Waals surface area contributed by atoms with Crippen LogP contribution in [0.15, 0.2) is 18.2 Å². The molecule has 0 saturated carbocycles. The van der Waals surface area contributed by atoms with E-state index in [4.69, 9.17) is 0 Å². The molecule has 0 radical (unpaired) electrons. The van der Waals surface area contributed by atoms with Gasteiger partial charge in [0.2, 0.25) is 5.91 Å². The zero-order valence-corrected chi connectivity index (χ0v) is 9.22. The lowest BCUT2D eigenvalue weighted by molar-refractivity contribution is -0.119. The Kier molecular flexibility index (Phi) is 3.19. The number of aryl methyl sites for hydroxylation is 1. The van der Waals surface area contributed by atoms with E-state index in [9.17, 15) is 9.18 Å². The maximum Gasteiger partial charge on any atom is 0.228 e. The summed E-state index contributed by atoms with van der Waals surface area (Å²) in [4.78, 5) is 11.8. The SMILES string of the molecule is Cc1cc(NC(=O)[C@H]2CCNC2)ccc1F. The largest absolute Gasteiger partial charge is 0.326 e. The summed E-state index contributed by atoms with van der Waals surface area (Å²) in [5.74, 6) is -0.207. The van der Waals surface area contributed by atoms with Gasteiger partial charge in [-0.15, -0.1) is 0 Å². The number of benzene rings is 1. The molecule has 1 saturated heterocycles. The van der Waals surface area contributed by atoms with Crippen molar-refractivity contribution in [1.29, 1.82) is 0 Å². The minimum absolute atomic E-state index is 0.0102. The number of halogens is 1. The summed E-state index contributed by atoms with van der Waals surface area (Å²) in [6.07, 6.45) is 0.867. The molecule has 0 aliphatic carbocycles. The number of nitrogens with one attached hydrogen (secondary N) is 2. The Morgan fingerprint density at radius 2 is 2.38 bits per heavy atom. The van der Waals surface area contributed by atoms with Crippen molar-refractivity contribution < 1.29 is 9.18 Å². The van der Waals surface area contributed by atoms with Gasteiger partial charge in [-0.1, -0.05) is 0 Å². The predicted octanol–water partition coefficient (Wildman–Crippen LogP) is 1.68. The third-order valence-electron chi connectivity index (χ3n) is 2.86. The average molecular weight is 222 g/mol. The number of rotatable bonds is 2. The first-order chi connectivity index (χ1) is 7.66. The number of hydrogen-bond donors (Lipinski definition) is 2. The highest BCUT2D eigenvalue weighted by Gasteiger charge is 2.22. The van der Waals surface area contributed by atoms with Gasteiger partial charge in [-0.3, -0.25) is 4.79 Å². The molecule has 3 nitrogen and oxygen atoms in total. The predicted molar refractivity (Wildman–Crippen MR) is 60.7 cm³/mol. The summed E-state index contributed by atoms with van der Waals surface area (Å²) in [6.45, 7) is 3.30. The van der Waals surface area contributed by atoms with Crippen molar-refractivity contribution in [3.05, 3.63) is 29.6 Å². The molecule has 0 spiro atoms. The van der Waals surface area contributed by atoms with E-state index in [2.05, 4.69) is 10.6 Å². The molecule has 2 rings (SSSR count). The van der Waals surface area contributed by atoms with Crippen LogP contribution in [0.4, 0.5) is 10.1 Å². The van der Waals surface area contributed by atoms with E-state index >= 15 is 0 Å². The third kappa shape index (κ3) is 2.39. The van der Waals surface area contributed by atoms with Crippen molar-refractivity contribution in [2.24, 2.45) is 5.92 Å². The fourth-order valence-electron chi connectivity index (χ4n) is 1.85. The number of carbonyl (C=O) groups excluding carboxylic acids is 1. The minimum Gasteiger partial charge on any atom is -0.326 e. The average Bonchev–Trinajstić information content (AvgIpc) is 2.77. The van der Waals surface area contributed by atoms with Crippen LogP contribution in [0.1, 0.15) is 12.0 Å². The summed E-state index contributed by atoms with van der Waals surface area (Å²) >= 11 is 0. The van der Waals surface area contributed by atoms with Crippen LogP contribution in [0.25, 0.3) is 0 Å². The molecule has 0 unspecified atom stereocenters. The summed E-state index contributed by atoms with van der Waals surface area (Å²) in [7, 11) is 0. The quantitative estimate of drug-likeness (QED) is 0.799. The van der Waals surface area contributed by atoms with Crippen LogP contribution in [-0.2, 0) is 4.79 Å². The van der Waals surface area contributed by atoms with Gasteiger partial charge < -0.3 is 10.6 Å². The lowest BCUT2D eigenvalue weighted by Gasteiger charge is -2.10. The highest BCUT2D eigenvalue weighted by Crippen LogP contribution is 2.16. The van der Waals surface area contributed by atoms with Gasteiger partial charge in [0.25, 0.3) is 0 Å². The maximum absolute atomic E-state index is 13.0. The summed E-state index contributed by atoms with van der Waals surface area (Å²) in [5, 5.41) is 5.94. The first kappa shape index (κ1) is 11.1. The highest BCUT2D eigenvalue weighted by molar-refractivity contribution is 5.92. The number of hydrogen-bond acceptors (Lipinski definition) is 2. The van der Waals surface area contributed by atoms with Crippen molar-refractivity contribution in [3.8, 4) is 0 Å². The molecule has 0 aromatic heterocycles. The van der Waals surface area contributed by atoms with E-state index < -0.39 is 0 Å². The van der Waals surface area contributed by atoms with Crippen molar-refractivity contribution in [1.82, 2.24) is 5.32 Å². The summed E-state index contributed by atoms with van der Waals surface area (Å²) in [6, 6.07) is 4.61. The molecule has 1 aliphatic rings. The molecule has 1 aromatic rings. The normalized spacial score (nSPS) is 19.8. The lowest BCUT2D eigenvalue weighted by Crippen LogP contribution is -2.24. The second-order valence-electron chi connectivity index (χ2n) is 4.14. The number of carbonyl (C=O) groups is 1. The van der Waals surface area contributed by atoms with Gasteiger partial charge in [0.1, 0.15) is 5.82 Å². The first-order valence-electron chi connectivity index (χ1n) is 5.44. The molecule has 16 heavy (non-hydrogen) atoms. The standard InChI is InChI=1S/C12H15FN2O/c1-8-6-10(2-3-11(8)13)15-12(16)9-4-5-14-7-9/h2-3,6,9,14H,4-5,7H2,1H3,(H,15,16)/t9-/m0/s1. The smallest absolute Gasteiger partial charge is 0.228 e. The Labute approximate surface area is 94.0 Å². The third-order valence-corrected chi connectivity index (χ3v) is 2.86. The van der Waals surface area contributed by atoms with Crippen LogP contribution >= 0.6 is 0 Å². The van der Waals surface area contributed by atoms with Gasteiger partial charge in [0.15, 0.2) is 0 Å². The summed E-state index contributed by atoms with van der Waals surface area (Å²) < 4.78 is 13.0. The van der Waals surface area contributed by atoms with Crippen LogP contribution in [0.2, 0.25) is 0 Å². The van der Waals surface area contributed by atoms with E-state index in [1.165, 1.54) is 6.07 Å². The molecule has 86 valence electrons. The monoisotopic (exact) mass is 222 g/mol. The van der Waals surface area contributed by atoms with E-state index in [1.807, 2.05) is 0 Å². The summed E-state index contributed by atoms with van der Waals surface area (Å²) in [5.41, 5.74) is 1.21. The van der Waals surface area contributed by atoms with Crippen molar-refractivity contribution in [2.75, 3.05) is 18.4 Å². The maximum atomic E-state index is 13.0. The molecule has 1 fully saturated rings. The topological polar surface area (TPSA) is 41.1 Å². The van der Waals surface area contributed by atoms with E-state index in [-0.39, 0.29) is 17.6 Å². The van der Waals surface area contributed by atoms with Gasteiger partial charge in [-0.05, 0) is 43.7 Å². The Balaban J connectivity index is 2.02. The Hall–Kier alpha value is -1.42. The van der Waals surface area contributed by atoms with Gasteiger partial charge in [-0.25, -0.2) is 4.39 Å². The molecule has 2 N–H and O–H groups in total. The van der Waals surface area contributed by atoms with E-state index in [0.717, 1.165) is 19.5 Å². The molecule has 1 amide bonds. The highest BCUT2D eigenvalue weighted by atomic mass is 19.1. The van der Waals surface area contributed by atoms with Crippen molar-refractivity contribution in [2.45, 2.75) is 13.3 Å². The van der Waals surface area contributed by atoms with Crippen LogP contribution in [-0.4, -0.2) is 19.0 Å².